The first-order chi connectivity index (χ1) is 8.72. The molecule has 0 spiro atoms. The molecule has 18 heavy (non-hydrogen) atoms. The molecular weight excluding hydrogens is 232 g/mol. The number of methoxy groups -OCH3 is 1. The highest BCUT2D eigenvalue weighted by molar-refractivity contribution is 5.82. The maximum Gasteiger partial charge on any atom is 0.309 e. The lowest BCUT2D eigenvalue weighted by Crippen LogP contribution is -2.50. The van der Waals surface area contributed by atoms with E-state index >= 15 is 0 Å². The first-order valence-electron chi connectivity index (χ1n) is 6.82. The first-order valence-corrected chi connectivity index (χ1v) is 6.82. The number of piperidine rings is 1. The van der Waals surface area contributed by atoms with E-state index in [0.29, 0.717) is 6.54 Å². The normalized spacial score (nSPS) is 30.4. The number of amides is 1. The average molecular weight is 254 g/mol. The Morgan fingerprint density at radius 1 is 1.33 bits per heavy atom. The number of nitrogens with one attached hydrogen (secondary N) is 1. The van der Waals surface area contributed by atoms with Gasteiger partial charge in [-0.3, -0.25) is 14.5 Å². The molecule has 5 heteroatoms. The van der Waals surface area contributed by atoms with Crippen molar-refractivity contribution in [3.63, 3.8) is 0 Å². The minimum absolute atomic E-state index is 0.0556. The van der Waals surface area contributed by atoms with Crippen LogP contribution in [-0.2, 0) is 14.3 Å². The molecule has 2 heterocycles. The number of rotatable bonds is 2. The fraction of sp³-hybridized carbons (Fsp3) is 0.846. The van der Waals surface area contributed by atoms with Crippen LogP contribution in [-0.4, -0.2) is 49.6 Å². The van der Waals surface area contributed by atoms with Gasteiger partial charge >= 0.3 is 5.97 Å². The molecule has 2 fully saturated rings. The Morgan fingerprint density at radius 2 is 2.17 bits per heavy atom. The fourth-order valence-corrected chi connectivity index (χ4v) is 2.92. The Balaban J connectivity index is 1.98. The third kappa shape index (κ3) is 3.02. The van der Waals surface area contributed by atoms with E-state index < -0.39 is 0 Å². The second-order valence-electron chi connectivity index (χ2n) is 5.16. The summed E-state index contributed by atoms with van der Waals surface area (Å²) in [5.74, 6) is -0.0912. The summed E-state index contributed by atoms with van der Waals surface area (Å²) in [7, 11) is 1.43. The lowest BCUT2D eigenvalue weighted by molar-refractivity contribution is -0.148. The fourth-order valence-electron chi connectivity index (χ4n) is 2.92. The molecule has 0 aromatic heterocycles. The SMILES string of the molecule is COC(=O)C1CCCN(C2CCCCNC2=O)C1. The van der Waals surface area contributed by atoms with Crippen molar-refractivity contribution >= 4 is 11.9 Å². The number of hydrogen-bond donors (Lipinski definition) is 1. The molecule has 0 radical (unpaired) electrons. The molecule has 1 N–H and O–H groups in total. The van der Waals surface area contributed by atoms with Gasteiger partial charge in [-0.25, -0.2) is 0 Å². The van der Waals surface area contributed by atoms with Crippen LogP contribution in [0.15, 0.2) is 0 Å². The summed E-state index contributed by atoms with van der Waals surface area (Å²) in [6.07, 6.45) is 4.86. The molecule has 5 nitrogen and oxygen atoms in total. The van der Waals surface area contributed by atoms with E-state index in [1.807, 2.05) is 0 Å². The van der Waals surface area contributed by atoms with Crippen molar-refractivity contribution in [2.45, 2.75) is 38.1 Å². The molecule has 2 rings (SSSR count). The molecule has 0 aromatic carbocycles. The van der Waals surface area contributed by atoms with Gasteiger partial charge in [-0.15, -0.1) is 0 Å². The highest BCUT2D eigenvalue weighted by Crippen LogP contribution is 2.22. The summed E-state index contributed by atoms with van der Waals surface area (Å²) < 4.78 is 4.81. The lowest BCUT2D eigenvalue weighted by Gasteiger charge is -2.35. The predicted molar refractivity (Wildman–Crippen MR) is 67.0 cm³/mol. The number of esters is 1. The van der Waals surface area contributed by atoms with Gasteiger partial charge in [0.25, 0.3) is 0 Å². The van der Waals surface area contributed by atoms with Crippen LogP contribution in [0.3, 0.4) is 0 Å². The van der Waals surface area contributed by atoms with Crippen LogP contribution < -0.4 is 5.32 Å². The largest absolute Gasteiger partial charge is 0.469 e. The molecule has 2 aliphatic heterocycles. The van der Waals surface area contributed by atoms with Gasteiger partial charge in [0.15, 0.2) is 0 Å². The summed E-state index contributed by atoms with van der Waals surface area (Å²) in [6.45, 7) is 2.35. The molecule has 2 atom stereocenters. The third-order valence-corrected chi connectivity index (χ3v) is 3.93. The summed E-state index contributed by atoms with van der Waals surface area (Å²) >= 11 is 0. The first kappa shape index (κ1) is 13.3. The Labute approximate surface area is 108 Å². The molecule has 1 amide bonds. The second-order valence-corrected chi connectivity index (χ2v) is 5.16. The number of hydrogen-bond acceptors (Lipinski definition) is 4. The minimum Gasteiger partial charge on any atom is -0.469 e. The quantitative estimate of drug-likeness (QED) is 0.731. The van der Waals surface area contributed by atoms with Crippen LogP contribution in [0.25, 0.3) is 0 Å². The number of carbonyl (C=O) groups is 2. The highest BCUT2D eigenvalue weighted by atomic mass is 16.5. The maximum absolute atomic E-state index is 12.0. The van der Waals surface area contributed by atoms with Crippen molar-refractivity contribution in [2.24, 2.45) is 5.92 Å². The van der Waals surface area contributed by atoms with E-state index in [4.69, 9.17) is 4.74 Å². The van der Waals surface area contributed by atoms with Gasteiger partial charge < -0.3 is 10.1 Å². The molecule has 2 aliphatic rings. The zero-order valence-corrected chi connectivity index (χ0v) is 11.0. The van der Waals surface area contributed by atoms with Crippen molar-refractivity contribution in [1.82, 2.24) is 10.2 Å². The van der Waals surface area contributed by atoms with Gasteiger partial charge in [0.2, 0.25) is 5.91 Å². The van der Waals surface area contributed by atoms with Gasteiger partial charge in [0.05, 0.1) is 19.1 Å². The Kier molecular flexibility index (Phi) is 4.58. The smallest absolute Gasteiger partial charge is 0.309 e. The van der Waals surface area contributed by atoms with E-state index in [-0.39, 0.29) is 23.8 Å². The van der Waals surface area contributed by atoms with Crippen LogP contribution in [0.2, 0.25) is 0 Å². The van der Waals surface area contributed by atoms with Crippen molar-refractivity contribution in [1.29, 1.82) is 0 Å². The standard InChI is InChI=1S/C13H22N2O3/c1-18-13(17)10-5-4-8-15(9-10)11-6-2-3-7-14-12(11)16/h10-11H,2-9H2,1H3,(H,14,16). The molecule has 2 unspecified atom stereocenters. The van der Waals surface area contributed by atoms with Crippen molar-refractivity contribution in [3.05, 3.63) is 0 Å². The monoisotopic (exact) mass is 254 g/mol. The van der Waals surface area contributed by atoms with E-state index in [2.05, 4.69) is 10.2 Å². The van der Waals surface area contributed by atoms with Gasteiger partial charge in [-0.2, -0.15) is 0 Å². The van der Waals surface area contributed by atoms with Gasteiger partial charge in [0.1, 0.15) is 0 Å². The van der Waals surface area contributed by atoms with Crippen molar-refractivity contribution < 1.29 is 14.3 Å². The van der Waals surface area contributed by atoms with E-state index in [9.17, 15) is 9.59 Å². The number of ether oxygens (including phenoxy) is 1. The molecule has 0 aliphatic carbocycles. The number of carbonyl (C=O) groups excluding carboxylic acids is 2. The van der Waals surface area contributed by atoms with Crippen LogP contribution in [0, 0.1) is 5.92 Å². The van der Waals surface area contributed by atoms with E-state index in [1.165, 1.54) is 7.11 Å². The predicted octanol–water partition coefficient (Wildman–Crippen LogP) is 0.540. The molecule has 0 saturated carbocycles. The van der Waals surface area contributed by atoms with E-state index in [1.54, 1.807) is 0 Å². The van der Waals surface area contributed by atoms with Gasteiger partial charge in [0, 0.05) is 13.1 Å². The molecule has 2 saturated heterocycles. The molecule has 102 valence electrons. The topological polar surface area (TPSA) is 58.6 Å². The van der Waals surface area contributed by atoms with Gasteiger partial charge in [-0.05, 0) is 38.6 Å². The Bertz CT molecular complexity index is 319. The zero-order valence-electron chi connectivity index (χ0n) is 11.0. The van der Waals surface area contributed by atoms with Crippen molar-refractivity contribution in [3.8, 4) is 0 Å². The highest BCUT2D eigenvalue weighted by Gasteiger charge is 2.33. The van der Waals surface area contributed by atoms with Crippen LogP contribution in [0.5, 0.6) is 0 Å². The molecule has 0 bridgehead atoms. The second kappa shape index (κ2) is 6.18. The Hall–Kier alpha value is -1.10. The summed E-state index contributed by atoms with van der Waals surface area (Å²) in [6, 6.07) is -0.0556. The summed E-state index contributed by atoms with van der Waals surface area (Å²) in [4.78, 5) is 25.7. The van der Waals surface area contributed by atoms with Crippen LogP contribution in [0.1, 0.15) is 32.1 Å². The minimum atomic E-state index is -0.145. The number of nitrogens with zero attached hydrogens (tertiary/aromatic N) is 1. The maximum atomic E-state index is 12.0. The molecule has 0 aromatic rings. The lowest BCUT2D eigenvalue weighted by atomic mass is 9.95. The average Bonchev–Trinajstić information content (AvgIpc) is 2.62. The molecular formula is C13H22N2O3. The van der Waals surface area contributed by atoms with Crippen LogP contribution in [0.4, 0.5) is 0 Å². The summed E-state index contributed by atoms with van der Waals surface area (Å²) in [5.41, 5.74) is 0. The Morgan fingerprint density at radius 3 is 2.94 bits per heavy atom. The van der Waals surface area contributed by atoms with E-state index in [0.717, 1.165) is 45.2 Å². The number of likely N-dealkylation sites (tertiary alicyclic amines) is 1. The third-order valence-electron chi connectivity index (χ3n) is 3.93. The van der Waals surface area contributed by atoms with Crippen LogP contribution >= 0.6 is 0 Å². The zero-order chi connectivity index (χ0) is 13.0. The van der Waals surface area contributed by atoms with Gasteiger partial charge in [-0.1, -0.05) is 0 Å². The van der Waals surface area contributed by atoms with Crippen molar-refractivity contribution in [2.75, 3.05) is 26.7 Å². The summed E-state index contributed by atoms with van der Waals surface area (Å²) in [5, 5.41) is 2.95.